The lowest BCUT2D eigenvalue weighted by Crippen LogP contribution is -2.30. The van der Waals surface area contributed by atoms with Crippen LogP contribution in [0, 0.1) is 23.7 Å². The highest BCUT2D eigenvalue weighted by Gasteiger charge is 2.55. The van der Waals surface area contributed by atoms with E-state index in [4.69, 9.17) is 4.74 Å². The van der Waals surface area contributed by atoms with E-state index in [1.54, 1.807) is 0 Å². The maximum Gasteiger partial charge on any atom is 0.309 e. The molecule has 4 heteroatoms. The average molecular weight is 264 g/mol. The van der Waals surface area contributed by atoms with Crippen molar-refractivity contribution in [3.8, 4) is 0 Å². The van der Waals surface area contributed by atoms with E-state index in [1.807, 2.05) is 6.92 Å². The van der Waals surface area contributed by atoms with Gasteiger partial charge in [-0.15, -0.1) is 0 Å². The van der Waals surface area contributed by atoms with Crippen LogP contribution in [0.4, 0.5) is 0 Å². The SMILES string of the molecule is C=C1C(O)CC2C(C)C(=O)OC2C2C(=C)C(O)CC12. The van der Waals surface area contributed by atoms with Crippen molar-refractivity contribution in [1.82, 2.24) is 0 Å². The van der Waals surface area contributed by atoms with Gasteiger partial charge in [-0.2, -0.15) is 0 Å². The topological polar surface area (TPSA) is 66.8 Å². The molecule has 0 amide bonds. The van der Waals surface area contributed by atoms with E-state index in [2.05, 4.69) is 13.2 Å². The minimum Gasteiger partial charge on any atom is -0.461 e. The van der Waals surface area contributed by atoms with E-state index in [-0.39, 0.29) is 35.7 Å². The van der Waals surface area contributed by atoms with Gasteiger partial charge in [-0.3, -0.25) is 4.79 Å². The van der Waals surface area contributed by atoms with Gasteiger partial charge in [0, 0.05) is 11.8 Å². The first-order chi connectivity index (χ1) is 8.91. The second-order valence-corrected chi connectivity index (χ2v) is 6.14. The fourth-order valence-corrected chi connectivity index (χ4v) is 3.96. The molecule has 7 unspecified atom stereocenters. The van der Waals surface area contributed by atoms with Crippen molar-refractivity contribution < 1.29 is 19.7 Å². The fraction of sp³-hybridized carbons (Fsp3) is 0.667. The minimum atomic E-state index is -0.627. The van der Waals surface area contributed by atoms with Crippen LogP contribution >= 0.6 is 0 Å². The van der Waals surface area contributed by atoms with Crippen LogP contribution in [0.15, 0.2) is 24.3 Å². The summed E-state index contributed by atoms with van der Waals surface area (Å²) in [6.45, 7) is 9.81. The van der Waals surface area contributed by atoms with Gasteiger partial charge >= 0.3 is 5.97 Å². The normalized spacial score (nSPS) is 49.6. The van der Waals surface area contributed by atoms with Crippen molar-refractivity contribution in [2.75, 3.05) is 0 Å². The fourth-order valence-electron chi connectivity index (χ4n) is 3.96. The van der Waals surface area contributed by atoms with E-state index >= 15 is 0 Å². The summed E-state index contributed by atoms with van der Waals surface area (Å²) >= 11 is 0. The van der Waals surface area contributed by atoms with Crippen LogP contribution in [-0.4, -0.2) is 34.5 Å². The first kappa shape index (κ1) is 12.9. The zero-order valence-corrected chi connectivity index (χ0v) is 11.1. The summed E-state index contributed by atoms with van der Waals surface area (Å²) in [5.41, 5.74) is 1.47. The third-order valence-electron chi connectivity index (χ3n) is 5.21. The van der Waals surface area contributed by atoms with Crippen LogP contribution in [0.5, 0.6) is 0 Å². The van der Waals surface area contributed by atoms with E-state index in [0.29, 0.717) is 12.8 Å². The Hall–Kier alpha value is -1.13. The van der Waals surface area contributed by atoms with Gasteiger partial charge < -0.3 is 14.9 Å². The summed E-state index contributed by atoms with van der Waals surface area (Å²) in [4.78, 5) is 11.8. The third-order valence-corrected chi connectivity index (χ3v) is 5.21. The van der Waals surface area contributed by atoms with E-state index in [9.17, 15) is 15.0 Å². The molecule has 19 heavy (non-hydrogen) atoms. The molecule has 1 saturated heterocycles. The lowest BCUT2D eigenvalue weighted by atomic mass is 9.80. The monoisotopic (exact) mass is 264 g/mol. The van der Waals surface area contributed by atoms with Gasteiger partial charge in [0.15, 0.2) is 0 Å². The number of aliphatic hydroxyl groups excluding tert-OH is 2. The number of rotatable bonds is 0. The Bertz CT molecular complexity index is 455. The predicted octanol–water partition coefficient (Wildman–Crippen LogP) is 1.04. The number of fused-ring (bicyclic) bond motifs is 3. The molecule has 0 aromatic rings. The first-order valence-corrected chi connectivity index (χ1v) is 6.85. The third kappa shape index (κ3) is 1.70. The van der Waals surface area contributed by atoms with E-state index < -0.39 is 12.2 Å². The van der Waals surface area contributed by atoms with Gasteiger partial charge in [-0.25, -0.2) is 0 Å². The Morgan fingerprint density at radius 2 is 1.79 bits per heavy atom. The quantitative estimate of drug-likeness (QED) is 0.507. The standard InChI is InChI=1S/C15H20O4/c1-6-9-4-12(17)8(3)13(9)14-10(5-11(6)16)7(2)15(18)19-14/h7,9-14,16-17H,1,3-5H2,2H3. The second kappa shape index (κ2) is 4.18. The van der Waals surface area contributed by atoms with Gasteiger partial charge in [-0.05, 0) is 29.9 Å². The molecule has 0 spiro atoms. The highest BCUT2D eigenvalue weighted by atomic mass is 16.6. The maximum absolute atomic E-state index is 11.8. The van der Waals surface area contributed by atoms with E-state index in [1.165, 1.54) is 0 Å². The Morgan fingerprint density at radius 3 is 2.47 bits per heavy atom. The summed E-state index contributed by atoms with van der Waals surface area (Å²) in [6.07, 6.45) is -0.461. The molecular weight excluding hydrogens is 244 g/mol. The van der Waals surface area contributed by atoms with Crippen molar-refractivity contribution in [1.29, 1.82) is 0 Å². The highest BCUT2D eigenvalue weighted by molar-refractivity contribution is 5.75. The summed E-state index contributed by atoms with van der Waals surface area (Å²) in [6, 6.07) is 0. The molecule has 3 aliphatic rings. The second-order valence-electron chi connectivity index (χ2n) is 6.14. The number of carbonyl (C=O) groups excluding carboxylic acids is 1. The van der Waals surface area contributed by atoms with Crippen molar-refractivity contribution in [3.63, 3.8) is 0 Å². The van der Waals surface area contributed by atoms with E-state index in [0.717, 1.165) is 11.1 Å². The Labute approximate surface area is 112 Å². The van der Waals surface area contributed by atoms with Crippen LogP contribution in [0.3, 0.4) is 0 Å². The molecule has 2 N–H and O–H groups in total. The summed E-state index contributed by atoms with van der Waals surface area (Å²) < 4.78 is 5.52. The van der Waals surface area contributed by atoms with Crippen molar-refractivity contribution in [2.45, 2.75) is 38.1 Å². The number of ether oxygens (including phenoxy) is 1. The number of hydrogen-bond acceptors (Lipinski definition) is 4. The molecule has 2 saturated carbocycles. The molecule has 3 rings (SSSR count). The molecule has 1 heterocycles. The van der Waals surface area contributed by atoms with Gasteiger partial charge in [0.2, 0.25) is 0 Å². The van der Waals surface area contributed by atoms with Crippen LogP contribution in [0.1, 0.15) is 19.8 Å². The molecule has 4 nitrogen and oxygen atoms in total. The minimum absolute atomic E-state index is 0.0173. The van der Waals surface area contributed by atoms with Crippen LogP contribution in [-0.2, 0) is 9.53 Å². The molecule has 3 fully saturated rings. The Balaban J connectivity index is 2.02. The molecular formula is C15H20O4. The average Bonchev–Trinajstić information content (AvgIpc) is 2.77. The molecule has 0 bridgehead atoms. The van der Waals surface area contributed by atoms with Crippen LogP contribution in [0.25, 0.3) is 0 Å². The first-order valence-electron chi connectivity index (χ1n) is 6.85. The molecule has 7 atom stereocenters. The lowest BCUT2D eigenvalue weighted by molar-refractivity contribution is -0.145. The molecule has 1 aliphatic heterocycles. The van der Waals surface area contributed by atoms with Gasteiger partial charge in [0.1, 0.15) is 6.10 Å². The van der Waals surface area contributed by atoms with Crippen molar-refractivity contribution in [2.24, 2.45) is 23.7 Å². The molecule has 104 valence electrons. The smallest absolute Gasteiger partial charge is 0.309 e. The van der Waals surface area contributed by atoms with Crippen molar-refractivity contribution in [3.05, 3.63) is 24.3 Å². The van der Waals surface area contributed by atoms with Crippen molar-refractivity contribution >= 4 is 5.97 Å². The number of esters is 1. The molecule has 2 aliphatic carbocycles. The van der Waals surface area contributed by atoms with Crippen LogP contribution in [0.2, 0.25) is 0 Å². The lowest BCUT2D eigenvalue weighted by Gasteiger charge is -2.26. The summed E-state index contributed by atoms with van der Waals surface area (Å²) in [7, 11) is 0. The summed E-state index contributed by atoms with van der Waals surface area (Å²) in [5, 5.41) is 20.3. The van der Waals surface area contributed by atoms with Gasteiger partial charge in [-0.1, -0.05) is 20.1 Å². The molecule has 0 aromatic heterocycles. The Morgan fingerprint density at radius 1 is 1.16 bits per heavy atom. The number of carbonyl (C=O) groups is 1. The maximum atomic E-state index is 11.8. The predicted molar refractivity (Wildman–Crippen MR) is 69.0 cm³/mol. The Kier molecular flexibility index (Phi) is 2.84. The molecule has 0 aromatic carbocycles. The number of aliphatic hydroxyl groups is 2. The highest BCUT2D eigenvalue weighted by Crippen LogP contribution is 2.52. The summed E-state index contributed by atoms with van der Waals surface area (Å²) in [5.74, 6) is -0.570. The zero-order valence-electron chi connectivity index (χ0n) is 11.1. The largest absolute Gasteiger partial charge is 0.461 e. The van der Waals surface area contributed by atoms with Crippen LogP contribution < -0.4 is 0 Å². The zero-order chi connectivity index (χ0) is 13.9. The number of hydrogen-bond donors (Lipinski definition) is 2. The van der Waals surface area contributed by atoms with Gasteiger partial charge in [0.25, 0.3) is 0 Å². The molecule has 0 radical (unpaired) electrons. The van der Waals surface area contributed by atoms with Gasteiger partial charge in [0.05, 0.1) is 18.1 Å².